The summed E-state index contributed by atoms with van der Waals surface area (Å²) in [6.45, 7) is 2.21. The molecule has 1 aliphatic rings. The Kier molecular flexibility index (Phi) is 7.59. The third-order valence-electron chi connectivity index (χ3n) is 4.86. The van der Waals surface area contributed by atoms with Crippen LogP contribution < -0.4 is 10.1 Å². The Hall–Kier alpha value is -1.54. The summed E-state index contributed by atoms with van der Waals surface area (Å²) >= 11 is 17.7. The smallest absolute Gasteiger partial charge is 0.247 e. The lowest BCUT2D eigenvalue weighted by atomic mass is 10.1. The minimum atomic E-state index is -0.551. The first-order valence-electron chi connectivity index (χ1n) is 10.1. The van der Waals surface area contributed by atoms with Crippen LogP contribution in [0.3, 0.4) is 0 Å². The Morgan fingerprint density at radius 3 is 2.77 bits per heavy atom. The Morgan fingerprint density at radius 1 is 1.10 bits per heavy atom. The number of nitrogens with one attached hydrogen (secondary N) is 1. The van der Waals surface area contributed by atoms with Crippen molar-refractivity contribution < 1.29 is 4.74 Å². The van der Waals surface area contributed by atoms with E-state index >= 15 is 0 Å². The Morgan fingerprint density at radius 2 is 1.97 bits per heavy atom. The molecule has 31 heavy (non-hydrogen) atoms. The van der Waals surface area contributed by atoms with Crippen LogP contribution >= 0.6 is 50.9 Å². The van der Waals surface area contributed by atoms with Crippen LogP contribution in [0.15, 0.2) is 46.0 Å². The molecule has 9 heteroatoms. The van der Waals surface area contributed by atoms with Crippen molar-refractivity contribution in [1.82, 2.24) is 15.2 Å². The standard InChI is InChI=1S/C22H21BrCl2N4OS/c1-2-3-4-5-10-31-22-27-21-19(28-29-22)16-11-13(23)6-9-18(16)26-20(30-21)15-8-7-14(24)12-17(15)25/h6-9,11-12,20,26H,2-5,10H2,1H3. The number of benzene rings is 2. The summed E-state index contributed by atoms with van der Waals surface area (Å²) in [7, 11) is 0. The molecule has 1 aliphatic heterocycles. The molecule has 1 N–H and O–H groups in total. The number of rotatable bonds is 7. The van der Waals surface area contributed by atoms with Gasteiger partial charge < -0.3 is 10.1 Å². The van der Waals surface area contributed by atoms with Gasteiger partial charge in [-0.3, -0.25) is 0 Å². The van der Waals surface area contributed by atoms with Gasteiger partial charge in [0.15, 0.2) is 11.9 Å². The molecule has 2 heterocycles. The molecule has 1 aromatic heterocycles. The summed E-state index contributed by atoms with van der Waals surface area (Å²) in [6.07, 6.45) is 4.24. The molecule has 162 valence electrons. The molecule has 0 fully saturated rings. The minimum absolute atomic E-state index is 0.423. The fourth-order valence-corrected chi connectivity index (χ4v) is 4.92. The van der Waals surface area contributed by atoms with Crippen molar-refractivity contribution in [3.05, 3.63) is 56.5 Å². The van der Waals surface area contributed by atoms with Crippen molar-refractivity contribution in [1.29, 1.82) is 0 Å². The largest absolute Gasteiger partial charge is 0.448 e. The first-order chi connectivity index (χ1) is 15.0. The zero-order valence-corrected chi connectivity index (χ0v) is 20.8. The molecule has 4 rings (SSSR count). The Labute approximate surface area is 204 Å². The molecular formula is C22H21BrCl2N4OS. The topological polar surface area (TPSA) is 59.9 Å². The highest BCUT2D eigenvalue weighted by molar-refractivity contribution is 9.10. The van der Waals surface area contributed by atoms with Gasteiger partial charge in [-0.1, -0.05) is 83.1 Å². The van der Waals surface area contributed by atoms with Crippen LogP contribution in [0.1, 0.15) is 44.4 Å². The van der Waals surface area contributed by atoms with E-state index in [4.69, 9.17) is 27.9 Å². The Balaban J connectivity index is 1.68. The molecule has 1 unspecified atom stereocenters. The number of unbranched alkanes of at least 4 members (excludes halogenated alkanes) is 3. The van der Waals surface area contributed by atoms with E-state index in [0.29, 0.717) is 26.8 Å². The lowest BCUT2D eigenvalue weighted by Gasteiger charge is -2.20. The van der Waals surface area contributed by atoms with E-state index in [1.807, 2.05) is 24.3 Å². The highest BCUT2D eigenvalue weighted by atomic mass is 79.9. The van der Waals surface area contributed by atoms with Crippen LogP contribution in [-0.2, 0) is 0 Å². The number of hydrogen-bond donors (Lipinski definition) is 1. The highest BCUT2D eigenvalue weighted by Gasteiger charge is 2.27. The molecule has 0 saturated carbocycles. The minimum Gasteiger partial charge on any atom is -0.448 e. The number of anilines is 1. The van der Waals surface area contributed by atoms with Gasteiger partial charge in [0.25, 0.3) is 0 Å². The third-order valence-corrected chi connectivity index (χ3v) is 6.84. The lowest BCUT2D eigenvalue weighted by molar-refractivity contribution is 0.225. The molecule has 0 amide bonds. The summed E-state index contributed by atoms with van der Waals surface area (Å²) in [5.74, 6) is 1.37. The second kappa shape index (κ2) is 10.4. The van der Waals surface area contributed by atoms with Crippen LogP contribution in [-0.4, -0.2) is 20.9 Å². The van der Waals surface area contributed by atoms with Crippen LogP contribution in [0.2, 0.25) is 10.0 Å². The molecule has 5 nitrogen and oxygen atoms in total. The van der Waals surface area contributed by atoms with Crippen LogP contribution in [0.4, 0.5) is 5.69 Å². The fourth-order valence-electron chi connectivity index (χ4n) is 3.28. The van der Waals surface area contributed by atoms with Gasteiger partial charge >= 0.3 is 0 Å². The number of fused-ring (bicyclic) bond motifs is 3. The summed E-state index contributed by atoms with van der Waals surface area (Å²) in [5.41, 5.74) is 3.07. The van der Waals surface area contributed by atoms with Gasteiger partial charge in [-0.25, -0.2) is 0 Å². The highest BCUT2D eigenvalue weighted by Crippen LogP contribution is 2.42. The molecule has 0 bridgehead atoms. The van der Waals surface area contributed by atoms with E-state index in [1.54, 1.807) is 23.9 Å². The number of hydrogen-bond acceptors (Lipinski definition) is 6. The SMILES string of the molecule is CCCCCCSc1nnc2c(n1)OC(c1ccc(Cl)cc1Cl)Nc1ccc(Br)cc1-2. The molecule has 0 aliphatic carbocycles. The van der Waals surface area contributed by atoms with Gasteiger partial charge in [0.05, 0.1) is 5.02 Å². The number of aromatic nitrogens is 3. The maximum absolute atomic E-state index is 6.47. The quantitative estimate of drug-likeness (QED) is 0.244. The van der Waals surface area contributed by atoms with E-state index in [2.05, 4.69) is 43.4 Å². The molecule has 1 atom stereocenters. The maximum Gasteiger partial charge on any atom is 0.247 e. The summed E-state index contributed by atoms with van der Waals surface area (Å²) < 4.78 is 7.22. The second-order valence-corrected chi connectivity index (χ2v) is 9.98. The van der Waals surface area contributed by atoms with Gasteiger partial charge in [0.2, 0.25) is 11.0 Å². The van der Waals surface area contributed by atoms with Gasteiger partial charge in [0.1, 0.15) is 0 Å². The molecule has 3 aromatic rings. The van der Waals surface area contributed by atoms with Gasteiger partial charge in [-0.15, -0.1) is 10.2 Å². The van der Waals surface area contributed by atoms with Crippen molar-refractivity contribution >= 4 is 56.6 Å². The van der Waals surface area contributed by atoms with Crippen LogP contribution in [0.25, 0.3) is 11.3 Å². The number of halogens is 3. The summed E-state index contributed by atoms with van der Waals surface area (Å²) in [5, 5.41) is 13.9. The summed E-state index contributed by atoms with van der Waals surface area (Å²) in [4.78, 5) is 4.69. The first kappa shape index (κ1) is 22.6. The zero-order valence-electron chi connectivity index (χ0n) is 16.9. The van der Waals surface area contributed by atoms with Crippen molar-refractivity contribution in [2.45, 2.75) is 44.0 Å². The van der Waals surface area contributed by atoms with E-state index in [1.165, 1.54) is 19.3 Å². The van der Waals surface area contributed by atoms with E-state index in [9.17, 15) is 0 Å². The third kappa shape index (κ3) is 5.45. The van der Waals surface area contributed by atoms with Crippen molar-refractivity contribution in [2.24, 2.45) is 0 Å². The first-order valence-corrected chi connectivity index (χ1v) is 12.6. The predicted molar refractivity (Wildman–Crippen MR) is 131 cm³/mol. The molecule has 0 spiro atoms. The number of thioether (sulfide) groups is 1. The number of nitrogens with zero attached hydrogens (tertiary/aromatic N) is 3. The van der Waals surface area contributed by atoms with Gasteiger partial charge in [-0.2, -0.15) is 4.98 Å². The van der Waals surface area contributed by atoms with Crippen molar-refractivity contribution in [3.63, 3.8) is 0 Å². The average molecular weight is 540 g/mol. The maximum atomic E-state index is 6.47. The van der Waals surface area contributed by atoms with E-state index < -0.39 is 6.23 Å². The molecular weight excluding hydrogens is 519 g/mol. The Bertz CT molecular complexity index is 1090. The monoisotopic (exact) mass is 538 g/mol. The number of ether oxygens (including phenoxy) is 1. The van der Waals surface area contributed by atoms with E-state index in [-0.39, 0.29) is 0 Å². The van der Waals surface area contributed by atoms with Gasteiger partial charge in [0, 0.05) is 32.1 Å². The molecule has 0 radical (unpaired) electrons. The normalized spacial score (nSPS) is 14.8. The van der Waals surface area contributed by atoms with Crippen molar-refractivity contribution in [3.8, 4) is 17.1 Å². The van der Waals surface area contributed by atoms with Crippen molar-refractivity contribution in [2.75, 3.05) is 11.1 Å². The van der Waals surface area contributed by atoms with E-state index in [0.717, 1.165) is 33.5 Å². The second-order valence-electron chi connectivity index (χ2n) is 7.16. The zero-order chi connectivity index (χ0) is 21.8. The lowest BCUT2D eigenvalue weighted by Crippen LogP contribution is -2.17. The molecule has 0 saturated heterocycles. The fraction of sp³-hybridized carbons (Fsp3) is 0.318. The van der Waals surface area contributed by atoms with Gasteiger partial charge in [-0.05, 0) is 36.8 Å². The predicted octanol–water partition coefficient (Wildman–Crippen LogP) is 7.78. The average Bonchev–Trinajstić information content (AvgIpc) is 2.90. The van der Waals surface area contributed by atoms with Crippen LogP contribution in [0, 0.1) is 0 Å². The van der Waals surface area contributed by atoms with Crippen LogP contribution in [0.5, 0.6) is 5.88 Å². The molecule has 2 aromatic carbocycles. The summed E-state index contributed by atoms with van der Waals surface area (Å²) in [6, 6.07) is 11.2.